The van der Waals surface area contributed by atoms with Gasteiger partial charge in [0.1, 0.15) is 0 Å². The van der Waals surface area contributed by atoms with E-state index in [1.807, 2.05) is 24.0 Å². The lowest BCUT2D eigenvalue weighted by Gasteiger charge is -2.15. The number of hydrogen-bond acceptors (Lipinski definition) is 2. The van der Waals surface area contributed by atoms with E-state index in [0.717, 1.165) is 12.1 Å². The Morgan fingerprint density at radius 1 is 1.22 bits per heavy atom. The second-order valence-electron chi connectivity index (χ2n) is 4.69. The van der Waals surface area contributed by atoms with Gasteiger partial charge >= 0.3 is 0 Å². The molecule has 1 unspecified atom stereocenters. The molecule has 2 rings (SSSR count). The Morgan fingerprint density at radius 2 is 1.94 bits per heavy atom. The highest BCUT2D eigenvalue weighted by molar-refractivity contribution is 5.46. The van der Waals surface area contributed by atoms with Crippen molar-refractivity contribution >= 4 is 5.69 Å². The highest BCUT2D eigenvalue weighted by Gasteiger charge is 2.08. The molecule has 0 saturated carbocycles. The number of rotatable bonds is 5. The van der Waals surface area contributed by atoms with Crippen molar-refractivity contribution < 1.29 is 0 Å². The molecule has 1 N–H and O–H groups in total. The van der Waals surface area contributed by atoms with E-state index in [2.05, 4.69) is 48.5 Å². The maximum atomic E-state index is 4.19. The molecular weight excluding hydrogens is 222 g/mol. The van der Waals surface area contributed by atoms with Gasteiger partial charge in [-0.25, -0.2) is 0 Å². The Morgan fingerprint density at radius 3 is 2.50 bits per heavy atom. The summed E-state index contributed by atoms with van der Waals surface area (Å²) < 4.78 is 1.91. The topological polar surface area (TPSA) is 29.9 Å². The highest BCUT2D eigenvalue weighted by atomic mass is 15.3. The predicted molar refractivity (Wildman–Crippen MR) is 75.7 cm³/mol. The quantitative estimate of drug-likeness (QED) is 0.870. The fourth-order valence-corrected chi connectivity index (χ4v) is 2.19. The zero-order valence-electron chi connectivity index (χ0n) is 11.4. The van der Waals surface area contributed by atoms with Gasteiger partial charge < -0.3 is 5.32 Å². The summed E-state index contributed by atoms with van der Waals surface area (Å²) in [5, 5.41) is 7.69. The second kappa shape index (κ2) is 5.71. The lowest BCUT2D eigenvalue weighted by Crippen LogP contribution is -2.11. The molecule has 0 aliphatic rings. The normalized spacial score (nSPS) is 12.4. The molecule has 0 aliphatic carbocycles. The first-order chi connectivity index (χ1) is 8.70. The predicted octanol–water partition coefficient (Wildman–Crippen LogP) is 3.55. The van der Waals surface area contributed by atoms with Crippen molar-refractivity contribution in [1.29, 1.82) is 0 Å². The van der Waals surface area contributed by atoms with E-state index >= 15 is 0 Å². The third-order valence-corrected chi connectivity index (χ3v) is 3.18. The molecular formula is C15H21N3. The van der Waals surface area contributed by atoms with Gasteiger partial charge in [0.05, 0.1) is 11.7 Å². The van der Waals surface area contributed by atoms with Gasteiger partial charge in [0.15, 0.2) is 0 Å². The zero-order valence-corrected chi connectivity index (χ0v) is 11.4. The number of hydrogen-bond donors (Lipinski definition) is 1. The zero-order chi connectivity index (χ0) is 13.0. The number of aromatic nitrogens is 2. The number of benzene rings is 1. The molecule has 1 atom stereocenters. The molecule has 3 heteroatoms. The first-order valence-electron chi connectivity index (χ1n) is 6.54. The van der Waals surface area contributed by atoms with Crippen molar-refractivity contribution in [2.75, 3.05) is 5.32 Å². The molecule has 96 valence electrons. The maximum Gasteiger partial charge on any atom is 0.0653 e. The van der Waals surface area contributed by atoms with Crippen molar-refractivity contribution in [2.24, 2.45) is 7.05 Å². The molecule has 3 nitrogen and oxygen atoms in total. The number of anilines is 1. The van der Waals surface area contributed by atoms with Gasteiger partial charge in [0.25, 0.3) is 0 Å². The van der Waals surface area contributed by atoms with E-state index in [9.17, 15) is 0 Å². The van der Waals surface area contributed by atoms with E-state index < -0.39 is 0 Å². The summed E-state index contributed by atoms with van der Waals surface area (Å²) in [4.78, 5) is 0. The number of aryl methyl sites for hydroxylation is 2. The smallest absolute Gasteiger partial charge is 0.0653 e. The molecule has 0 aliphatic heterocycles. The van der Waals surface area contributed by atoms with E-state index in [1.165, 1.54) is 17.7 Å². The third kappa shape index (κ3) is 2.92. The molecule has 0 saturated heterocycles. The number of nitrogens with zero attached hydrogens (tertiary/aromatic N) is 2. The van der Waals surface area contributed by atoms with Crippen LogP contribution in [-0.4, -0.2) is 9.78 Å². The van der Waals surface area contributed by atoms with Gasteiger partial charge in [-0.3, -0.25) is 4.68 Å². The summed E-state index contributed by atoms with van der Waals surface area (Å²) in [5.41, 5.74) is 3.74. The van der Waals surface area contributed by atoms with Gasteiger partial charge in [-0.15, -0.1) is 0 Å². The summed E-state index contributed by atoms with van der Waals surface area (Å²) in [6, 6.07) is 11.0. The standard InChI is InChI=1S/C15H21N3/c1-4-5-13-6-8-14(9-7-13)17-12(2)15-10-11-16-18(15)3/h6-12,17H,4-5H2,1-3H3. The molecule has 0 spiro atoms. The van der Waals surface area contributed by atoms with Crippen molar-refractivity contribution in [3.05, 3.63) is 47.8 Å². The van der Waals surface area contributed by atoms with Crippen LogP contribution in [0.4, 0.5) is 5.69 Å². The first kappa shape index (κ1) is 12.7. The highest BCUT2D eigenvalue weighted by Crippen LogP contribution is 2.19. The average molecular weight is 243 g/mol. The minimum Gasteiger partial charge on any atom is -0.377 e. The van der Waals surface area contributed by atoms with Crippen molar-refractivity contribution in [3.8, 4) is 0 Å². The van der Waals surface area contributed by atoms with Crippen LogP contribution in [0.15, 0.2) is 36.5 Å². The van der Waals surface area contributed by atoms with Gasteiger partial charge in [0.2, 0.25) is 0 Å². The van der Waals surface area contributed by atoms with Crippen LogP contribution in [0.3, 0.4) is 0 Å². The minimum absolute atomic E-state index is 0.259. The molecule has 18 heavy (non-hydrogen) atoms. The van der Waals surface area contributed by atoms with Gasteiger partial charge in [-0.1, -0.05) is 25.5 Å². The van der Waals surface area contributed by atoms with Gasteiger partial charge in [0, 0.05) is 18.9 Å². The van der Waals surface area contributed by atoms with Crippen LogP contribution >= 0.6 is 0 Å². The summed E-state index contributed by atoms with van der Waals surface area (Å²) in [6.07, 6.45) is 4.17. The lowest BCUT2D eigenvalue weighted by molar-refractivity contribution is 0.676. The Balaban J connectivity index is 2.03. The van der Waals surface area contributed by atoms with Crippen LogP contribution in [0.2, 0.25) is 0 Å². The molecule has 0 amide bonds. The average Bonchev–Trinajstić information content (AvgIpc) is 2.78. The fourth-order valence-electron chi connectivity index (χ4n) is 2.19. The summed E-state index contributed by atoms with van der Waals surface area (Å²) >= 11 is 0. The Labute approximate surface area is 109 Å². The molecule has 0 fully saturated rings. The molecule has 1 heterocycles. The summed E-state index contributed by atoms with van der Waals surface area (Å²) in [7, 11) is 1.97. The van der Waals surface area contributed by atoms with Crippen LogP contribution in [0.1, 0.15) is 37.6 Å². The van der Waals surface area contributed by atoms with E-state index in [4.69, 9.17) is 0 Å². The van der Waals surface area contributed by atoms with Crippen LogP contribution in [0.25, 0.3) is 0 Å². The van der Waals surface area contributed by atoms with Crippen LogP contribution in [-0.2, 0) is 13.5 Å². The maximum absolute atomic E-state index is 4.19. The SMILES string of the molecule is CCCc1ccc(NC(C)c2ccnn2C)cc1. The van der Waals surface area contributed by atoms with Crippen molar-refractivity contribution in [3.63, 3.8) is 0 Å². The minimum atomic E-state index is 0.259. The van der Waals surface area contributed by atoms with Gasteiger partial charge in [-0.05, 0) is 37.1 Å². The fraction of sp³-hybridized carbons (Fsp3) is 0.400. The lowest BCUT2D eigenvalue weighted by atomic mass is 10.1. The molecule has 2 aromatic rings. The van der Waals surface area contributed by atoms with Crippen molar-refractivity contribution in [1.82, 2.24) is 9.78 Å². The molecule has 0 radical (unpaired) electrons. The van der Waals surface area contributed by atoms with E-state index in [0.29, 0.717) is 0 Å². The van der Waals surface area contributed by atoms with Crippen LogP contribution in [0.5, 0.6) is 0 Å². The molecule has 1 aromatic heterocycles. The van der Waals surface area contributed by atoms with Crippen LogP contribution < -0.4 is 5.32 Å². The first-order valence-corrected chi connectivity index (χ1v) is 6.54. The second-order valence-corrected chi connectivity index (χ2v) is 4.69. The summed E-state index contributed by atoms with van der Waals surface area (Å²) in [6.45, 7) is 4.35. The van der Waals surface area contributed by atoms with E-state index in [-0.39, 0.29) is 6.04 Å². The largest absolute Gasteiger partial charge is 0.377 e. The Hall–Kier alpha value is -1.77. The Bertz CT molecular complexity index is 485. The molecule has 1 aromatic carbocycles. The third-order valence-electron chi connectivity index (χ3n) is 3.18. The monoisotopic (exact) mass is 243 g/mol. The van der Waals surface area contributed by atoms with Crippen LogP contribution in [0, 0.1) is 0 Å². The number of nitrogens with one attached hydrogen (secondary N) is 1. The Kier molecular flexibility index (Phi) is 4.03. The summed E-state index contributed by atoms with van der Waals surface area (Å²) in [5.74, 6) is 0. The van der Waals surface area contributed by atoms with Crippen molar-refractivity contribution in [2.45, 2.75) is 32.7 Å². The van der Waals surface area contributed by atoms with E-state index in [1.54, 1.807) is 0 Å². The molecule has 0 bridgehead atoms. The van der Waals surface area contributed by atoms with Gasteiger partial charge in [-0.2, -0.15) is 5.10 Å².